The van der Waals surface area contributed by atoms with E-state index in [1.54, 1.807) is 29.5 Å². The van der Waals surface area contributed by atoms with Gasteiger partial charge in [-0.05, 0) is 19.9 Å². The molecule has 0 radical (unpaired) electrons. The number of aliphatic hydroxyl groups is 1. The maximum atomic E-state index is 13.7. The van der Waals surface area contributed by atoms with E-state index in [2.05, 4.69) is 20.6 Å². The number of halogens is 2. The molecule has 1 heterocycles. The highest BCUT2D eigenvalue weighted by Gasteiger charge is 2.11. The van der Waals surface area contributed by atoms with E-state index in [1.165, 1.54) is 6.07 Å². The van der Waals surface area contributed by atoms with Gasteiger partial charge in [0, 0.05) is 30.5 Å². The minimum absolute atomic E-state index is 0. The van der Waals surface area contributed by atoms with Crippen molar-refractivity contribution in [3.63, 3.8) is 0 Å². The van der Waals surface area contributed by atoms with Crippen LogP contribution in [0.4, 0.5) is 4.39 Å². The highest BCUT2D eigenvalue weighted by molar-refractivity contribution is 14.0. The summed E-state index contributed by atoms with van der Waals surface area (Å²) in [6.07, 6.45) is -0.173. The molecule has 8 heteroatoms. The second-order valence-corrected chi connectivity index (χ2v) is 6.35. The largest absolute Gasteiger partial charge is 0.386 e. The Hall–Kier alpha value is -1.26. The number of hydrogen-bond donors (Lipinski definition) is 3. The highest BCUT2D eigenvalue weighted by Crippen LogP contribution is 2.16. The number of aryl methyl sites for hydroxylation is 1. The number of guanidine groups is 1. The van der Waals surface area contributed by atoms with Crippen LogP contribution in [-0.2, 0) is 6.42 Å². The predicted molar refractivity (Wildman–Crippen MR) is 111 cm³/mol. The molecular weight excluding hydrogens is 454 g/mol. The van der Waals surface area contributed by atoms with Crippen LogP contribution in [0.2, 0.25) is 0 Å². The first-order chi connectivity index (χ1) is 11.6. The molecule has 0 spiro atoms. The van der Waals surface area contributed by atoms with Crippen molar-refractivity contribution in [3.05, 3.63) is 51.7 Å². The fraction of sp³-hybridized carbons (Fsp3) is 0.412. The number of aromatic nitrogens is 1. The Balaban J connectivity index is 0.00000312. The molecule has 0 aliphatic carbocycles. The molecule has 2 aromatic rings. The first kappa shape index (κ1) is 21.8. The van der Waals surface area contributed by atoms with Gasteiger partial charge in [0.15, 0.2) is 5.96 Å². The summed E-state index contributed by atoms with van der Waals surface area (Å²) in [5, 5.41) is 19.5. The standard InChI is InChI=1S/C17H23FN4OS.HI/c1-3-19-17(20-9-8-13-11-24-12(2)22-13)21-10-16(23)14-6-4-5-7-15(14)18;/h4-7,11,16,23H,3,8-10H2,1-2H3,(H2,19,20,21);1H. The van der Waals surface area contributed by atoms with Crippen molar-refractivity contribution >= 4 is 41.3 Å². The number of nitrogens with one attached hydrogen (secondary N) is 2. The number of aliphatic imine (C=N–C) groups is 1. The fourth-order valence-electron chi connectivity index (χ4n) is 2.20. The van der Waals surface area contributed by atoms with Gasteiger partial charge >= 0.3 is 0 Å². The van der Waals surface area contributed by atoms with Crippen LogP contribution in [0.1, 0.15) is 29.3 Å². The molecule has 0 bridgehead atoms. The van der Waals surface area contributed by atoms with Crippen molar-refractivity contribution in [1.29, 1.82) is 0 Å². The highest BCUT2D eigenvalue weighted by atomic mass is 127. The van der Waals surface area contributed by atoms with E-state index in [9.17, 15) is 9.50 Å². The van der Waals surface area contributed by atoms with Crippen LogP contribution in [0.15, 0.2) is 34.6 Å². The van der Waals surface area contributed by atoms with Crippen molar-refractivity contribution in [3.8, 4) is 0 Å². The average Bonchev–Trinajstić information content (AvgIpc) is 2.98. The summed E-state index contributed by atoms with van der Waals surface area (Å²) in [5.74, 6) is 0.178. The van der Waals surface area contributed by atoms with E-state index in [1.807, 2.05) is 19.2 Å². The third-order valence-electron chi connectivity index (χ3n) is 3.37. The fourth-order valence-corrected chi connectivity index (χ4v) is 2.84. The van der Waals surface area contributed by atoms with E-state index in [0.717, 1.165) is 17.1 Å². The van der Waals surface area contributed by atoms with Gasteiger partial charge in [0.05, 0.1) is 17.2 Å². The van der Waals surface area contributed by atoms with Crippen molar-refractivity contribution in [2.45, 2.75) is 26.4 Å². The van der Waals surface area contributed by atoms with E-state index in [4.69, 9.17) is 0 Å². The molecule has 0 aliphatic heterocycles. The molecule has 2 rings (SSSR count). The molecule has 0 saturated heterocycles. The van der Waals surface area contributed by atoms with Gasteiger partial charge in [-0.1, -0.05) is 18.2 Å². The molecular formula is C17H24FIN4OS. The molecule has 0 saturated carbocycles. The van der Waals surface area contributed by atoms with Crippen molar-refractivity contribution in [2.24, 2.45) is 4.99 Å². The summed E-state index contributed by atoms with van der Waals surface area (Å²) in [6, 6.07) is 6.20. The second-order valence-electron chi connectivity index (χ2n) is 5.29. The number of rotatable bonds is 7. The molecule has 3 N–H and O–H groups in total. The van der Waals surface area contributed by atoms with Crippen LogP contribution < -0.4 is 10.6 Å². The smallest absolute Gasteiger partial charge is 0.191 e. The summed E-state index contributed by atoms with van der Waals surface area (Å²) < 4.78 is 13.7. The number of benzene rings is 1. The van der Waals surface area contributed by atoms with E-state index >= 15 is 0 Å². The topological polar surface area (TPSA) is 69.5 Å². The normalized spacial score (nSPS) is 12.4. The lowest BCUT2D eigenvalue weighted by Gasteiger charge is -2.13. The van der Waals surface area contributed by atoms with Crippen LogP contribution >= 0.6 is 35.3 Å². The molecule has 0 amide bonds. The Morgan fingerprint density at radius 2 is 2.12 bits per heavy atom. The molecule has 25 heavy (non-hydrogen) atoms. The van der Waals surface area contributed by atoms with E-state index < -0.39 is 11.9 Å². The molecule has 5 nitrogen and oxygen atoms in total. The Bertz CT molecular complexity index is 680. The Morgan fingerprint density at radius 3 is 2.76 bits per heavy atom. The van der Waals surface area contributed by atoms with Gasteiger partial charge in [0.25, 0.3) is 0 Å². The Morgan fingerprint density at radius 1 is 1.36 bits per heavy atom. The summed E-state index contributed by atoms with van der Waals surface area (Å²) in [7, 11) is 0. The Labute approximate surface area is 168 Å². The zero-order chi connectivity index (χ0) is 17.4. The second kappa shape index (κ2) is 11.4. The molecule has 1 unspecified atom stereocenters. The third kappa shape index (κ3) is 7.25. The Kier molecular flexibility index (Phi) is 9.91. The average molecular weight is 478 g/mol. The lowest BCUT2D eigenvalue weighted by atomic mass is 10.1. The minimum Gasteiger partial charge on any atom is -0.386 e. The number of nitrogens with zero attached hydrogens (tertiary/aromatic N) is 2. The first-order valence-corrected chi connectivity index (χ1v) is 8.83. The molecule has 0 aliphatic rings. The van der Waals surface area contributed by atoms with Gasteiger partial charge in [-0.3, -0.25) is 4.99 Å². The van der Waals surface area contributed by atoms with E-state index in [-0.39, 0.29) is 36.1 Å². The van der Waals surface area contributed by atoms with Gasteiger partial charge in [0.2, 0.25) is 0 Å². The molecule has 1 aromatic carbocycles. The molecule has 138 valence electrons. The van der Waals surface area contributed by atoms with Gasteiger partial charge < -0.3 is 15.7 Å². The number of hydrogen-bond acceptors (Lipinski definition) is 4. The minimum atomic E-state index is -0.970. The zero-order valence-electron chi connectivity index (χ0n) is 14.3. The summed E-state index contributed by atoms with van der Waals surface area (Å²) in [6.45, 7) is 5.43. The van der Waals surface area contributed by atoms with Crippen LogP contribution in [0.25, 0.3) is 0 Å². The van der Waals surface area contributed by atoms with Crippen molar-refractivity contribution in [2.75, 3.05) is 19.6 Å². The van der Waals surface area contributed by atoms with Gasteiger partial charge in [0.1, 0.15) is 11.9 Å². The summed E-state index contributed by atoms with van der Waals surface area (Å²) in [4.78, 5) is 8.74. The van der Waals surface area contributed by atoms with Gasteiger partial charge in [-0.15, -0.1) is 35.3 Å². The maximum Gasteiger partial charge on any atom is 0.191 e. The third-order valence-corrected chi connectivity index (χ3v) is 4.19. The number of thiazole rings is 1. The molecule has 1 aromatic heterocycles. The summed E-state index contributed by atoms with van der Waals surface area (Å²) in [5.41, 5.74) is 1.31. The van der Waals surface area contributed by atoms with Crippen LogP contribution in [0.5, 0.6) is 0 Å². The lowest BCUT2D eigenvalue weighted by molar-refractivity contribution is 0.182. The molecule has 0 fully saturated rings. The van der Waals surface area contributed by atoms with Gasteiger partial charge in [-0.2, -0.15) is 0 Å². The zero-order valence-corrected chi connectivity index (χ0v) is 17.5. The van der Waals surface area contributed by atoms with Gasteiger partial charge in [-0.25, -0.2) is 9.37 Å². The first-order valence-electron chi connectivity index (χ1n) is 7.95. The van der Waals surface area contributed by atoms with Crippen LogP contribution in [-0.4, -0.2) is 35.7 Å². The van der Waals surface area contributed by atoms with Crippen LogP contribution in [0, 0.1) is 12.7 Å². The molecule has 1 atom stereocenters. The predicted octanol–water partition coefficient (Wildman–Crippen LogP) is 3.04. The lowest BCUT2D eigenvalue weighted by Crippen LogP contribution is -2.38. The maximum absolute atomic E-state index is 13.7. The monoisotopic (exact) mass is 478 g/mol. The van der Waals surface area contributed by atoms with Crippen molar-refractivity contribution in [1.82, 2.24) is 15.6 Å². The SMILES string of the molecule is CCNC(=NCC(O)c1ccccc1F)NCCc1csc(C)n1.I. The van der Waals surface area contributed by atoms with Crippen molar-refractivity contribution < 1.29 is 9.50 Å². The summed E-state index contributed by atoms with van der Waals surface area (Å²) >= 11 is 1.63. The quantitative estimate of drug-likeness (QED) is 0.325. The number of aliphatic hydroxyl groups excluding tert-OH is 1. The van der Waals surface area contributed by atoms with Crippen LogP contribution in [0.3, 0.4) is 0 Å². The van der Waals surface area contributed by atoms with E-state index in [0.29, 0.717) is 19.0 Å².